The van der Waals surface area contributed by atoms with Crippen LogP contribution >= 0.6 is 0 Å². The first-order valence-corrected chi connectivity index (χ1v) is 3.66. The standard InChI is InChI=1S/C7H6BFO4/c9-13-8(10)5-1-2-6-7(3-5)12-4-11-6/h1-3,10H,4H2. The average Bonchev–Trinajstić information content (AvgIpc) is 2.63. The Labute approximate surface area is 73.9 Å². The molecule has 0 fully saturated rings. The first kappa shape index (κ1) is 8.34. The van der Waals surface area contributed by atoms with Crippen molar-refractivity contribution >= 4 is 12.6 Å². The van der Waals surface area contributed by atoms with Crippen molar-refractivity contribution in [1.82, 2.24) is 0 Å². The molecule has 1 heterocycles. The van der Waals surface area contributed by atoms with Crippen molar-refractivity contribution < 1.29 is 23.9 Å². The highest BCUT2D eigenvalue weighted by atomic mass is 19.3. The molecule has 0 bridgehead atoms. The van der Waals surface area contributed by atoms with Gasteiger partial charge in [-0.25, -0.2) is 4.86 Å². The van der Waals surface area contributed by atoms with Crippen LogP contribution in [0, 0.1) is 0 Å². The van der Waals surface area contributed by atoms with E-state index in [9.17, 15) is 4.53 Å². The van der Waals surface area contributed by atoms with E-state index in [1.165, 1.54) is 12.1 Å². The van der Waals surface area contributed by atoms with E-state index in [2.05, 4.69) is 4.86 Å². The summed E-state index contributed by atoms with van der Waals surface area (Å²) in [5, 5.41) is 8.97. The van der Waals surface area contributed by atoms with Gasteiger partial charge in [0.25, 0.3) is 0 Å². The molecule has 0 aromatic heterocycles. The fraction of sp³-hybridized carbons (Fsp3) is 0.143. The summed E-state index contributed by atoms with van der Waals surface area (Å²) in [6.07, 6.45) is 0. The molecule has 0 saturated heterocycles. The Balaban J connectivity index is 2.30. The van der Waals surface area contributed by atoms with Gasteiger partial charge in [-0.15, -0.1) is 0 Å². The molecule has 4 nitrogen and oxygen atoms in total. The zero-order valence-corrected chi connectivity index (χ0v) is 6.57. The number of halogens is 1. The summed E-state index contributed by atoms with van der Waals surface area (Å²) in [6, 6.07) is 4.55. The van der Waals surface area contributed by atoms with Gasteiger partial charge in [-0.1, -0.05) is 10.6 Å². The minimum atomic E-state index is -1.57. The third-order valence-electron chi connectivity index (χ3n) is 1.77. The second-order valence-corrected chi connectivity index (χ2v) is 2.55. The number of benzene rings is 1. The molecule has 1 aromatic rings. The van der Waals surface area contributed by atoms with Crippen LogP contribution in [0.3, 0.4) is 0 Å². The first-order chi connectivity index (χ1) is 6.31. The summed E-state index contributed by atoms with van der Waals surface area (Å²) < 4.78 is 21.7. The summed E-state index contributed by atoms with van der Waals surface area (Å²) in [4.78, 5) is 3.26. The lowest BCUT2D eigenvalue weighted by Crippen LogP contribution is -2.30. The second kappa shape index (κ2) is 3.23. The fourth-order valence-electron chi connectivity index (χ4n) is 1.12. The smallest absolute Gasteiger partial charge is 0.454 e. The van der Waals surface area contributed by atoms with Crippen molar-refractivity contribution in [3.05, 3.63) is 18.2 Å². The molecule has 1 N–H and O–H groups in total. The van der Waals surface area contributed by atoms with Crippen molar-refractivity contribution in [3.8, 4) is 11.5 Å². The molecule has 0 atom stereocenters. The summed E-state index contributed by atoms with van der Waals surface area (Å²) in [7, 11) is -1.57. The maximum absolute atomic E-state index is 11.6. The molecular formula is C7H6BFO4. The van der Waals surface area contributed by atoms with Gasteiger partial charge >= 0.3 is 7.12 Å². The van der Waals surface area contributed by atoms with Gasteiger partial charge in [0.2, 0.25) is 6.79 Å². The van der Waals surface area contributed by atoms with Gasteiger partial charge < -0.3 is 14.5 Å². The van der Waals surface area contributed by atoms with Gasteiger partial charge in [0.1, 0.15) is 0 Å². The molecule has 1 aromatic carbocycles. The van der Waals surface area contributed by atoms with Gasteiger partial charge in [-0.05, 0) is 17.6 Å². The Morgan fingerprint density at radius 1 is 1.38 bits per heavy atom. The maximum Gasteiger partial charge on any atom is 0.530 e. The zero-order chi connectivity index (χ0) is 9.26. The van der Waals surface area contributed by atoms with Crippen LogP contribution in [0.4, 0.5) is 4.53 Å². The largest absolute Gasteiger partial charge is 0.530 e. The highest BCUT2D eigenvalue weighted by molar-refractivity contribution is 6.59. The monoisotopic (exact) mass is 184 g/mol. The quantitative estimate of drug-likeness (QED) is 0.657. The molecule has 0 spiro atoms. The molecule has 0 unspecified atom stereocenters. The van der Waals surface area contributed by atoms with Crippen molar-refractivity contribution in [3.63, 3.8) is 0 Å². The van der Waals surface area contributed by atoms with Crippen LogP contribution in [-0.2, 0) is 4.86 Å². The molecule has 1 aliphatic rings. The van der Waals surface area contributed by atoms with E-state index in [0.717, 1.165) is 0 Å². The normalized spacial score (nSPS) is 13.1. The SMILES string of the molecule is OB(OF)c1ccc2c(c1)OCO2. The molecule has 68 valence electrons. The van der Waals surface area contributed by atoms with E-state index in [1.54, 1.807) is 6.07 Å². The summed E-state index contributed by atoms with van der Waals surface area (Å²) in [5.74, 6) is 1.06. The Hall–Kier alpha value is -1.27. The highest BCUT2D eigenvalue weighted by Gasteiger charge is 2.21. The van der Waals surface area contributed by atoms with Crippen LogP contribution in [0.1, 0.15) is 0 Å². The Bertz CT molecular complexity index is 319. The minimum absolute atomic E-state index is 0.144. The molecular weight excluding hydrogens is 178 g/mol. The van der Waals surface area contributed by atoms with Crippen molar-refractivity contribution in [2.75, 3.05) is 6.79 Å². The molecule has 0 radical (unpaired) electrons. The van der Waals surface area contributed by atoms with E-state index >= 15 is 0 Å². The van der Waals surface area contributed by atoms with Crippen LogP contribution in [0.15, 0.2) is 18.2 Å². The maximum atomic E-state index is 11.6. The van der Waals surface area contributed by atoms with Crippen LogP contribution in [0.5, 0.6) is 11.5 Å². The number of hydrogen-bond acceptors (Lipinski definition) is 4. The molecule has 2 rings (SSSR count). The Morgan fingerprint density at radius 3 is 2.92 bits per heavy atom. The fourth-order valence-corrected chi connectivity index (χ4v) is 1.12. The average molecular weight is 184 g/mol. The van der Waals surface area contributed by atoms with Crippen molar-refractivity contribution in [2.45, 2.75) is 0 Å². The topological polar surface area (TPSA) is 47.9 Å². The van der Waals surface area contributed by atoms with E-state index in [4.69, 9.17) is 14.5 Å². The van der Waals surface area contributed by atoms with E-state index < -0.39 is 7.12 Å². The van der Waals surface area contributed by atoms with Gasteiger partial charge in [0.15, 0.2) is 11.5 Å². The minimum Gasteiger partial charge on any atom is -0.454 e. The first-order valence-electron chi connectivity index (χ1n) is 3.66. The van der Waals surface area contributed by atoms with Crippen LogP contribution < -0.4 is 14.9 Å². The van der Waals surface area contributed by atoms with Crippen molar-refractivity contribution in [1.29, 1.82) is 0 Å². The highest BCUT2D eigenvalue weighted by Crippen LogP contribution is 2.29. The molecule has 0 amide bonds. The lowest BCUT2D eigenvalue weighted by molar-refractivity contribution is -0.0267. The van der Waals surface area contributed by atoms with Crippen LogP contribution in [0.25, 0.3) is 0 Å². The number of fused-ring (bicyclic) bond motifs is 1. The lowest BCUT2D eigenvalue weighted by atomic mass is 9.80. The van der Waals surface area contributed by atoms with Crippen LogP contribution in [-0.4, -0.2) is 18.9 Å². The van der Waals surface area contributed by atoms with Gasteiger partial charge in [-0.2, -0.15) is 0 Å². The van der Waals surface area contributed by atoms with Crippen molar-refractivity contribution in [2.24, 2.45) is 0 Å². The number of ether oxygens (including phenoxy) is 2. The summed E-state index contributed by atoms with van der Waals surface area (Å²) in [5.41, 5.74) is 0.284. The second-order valence-electron chi connectivity index (χ2n) is 2.55. The Kier molecular flexibility index (Phi) is 2.07. The Morgan fingerprint density at radius 2 is 2.15 bits per heavy atom. The molecule has 13 heavy (non-hydrogen) atoms. The van der Waals surface area contributed by atoms with Gasteiger partial charge in [0, 0.05) is 0 Å². The zero-order valence-electron chi connectivity index (χ0n) is 6.57. The molecule has 0 saturated carbocycles. The third kappa shape index (κ3) is 1.45. The number of rotatable bonds is 2. The molecule has 0 aliphatic carbocycles. The van der Waals surface area contributed by atoms with E-state index in [1.807, 2.05) is 0 Å². The predicted octanol–water partition coefficient (Wildman–Crippen LogP) is 0.00390. The lowest BCUT2D eigenvalue weighted by Gasteiger charge is -2.01. The van der Waals surface area contributed by atoms with Gasteiger partial charge in [-0.3, -0.25) is 0 Å². The van der Waals surface area contributed by atoms with Crippen LogP contribution in [0.2, 0.25) is 0 Å². The molecule has 1 aliphatic heterocycles. The third-order valence-corrected chi connectivity index (χ3v) is 1.77. The number of hydrogen-bond donors (Lipinski definition) is 1. The predicted molar refractivity (Wildman–Crippen MR) is 42.4 cm³/mol. The van der Waals surface area contributed by atoms with E-state index in [0.29, 0.717) is 11.5 Å². The van der Waals surface area contributed by atoms with Gasteiger partial charge in [0.05, 0.1) is 0 Å². The van der Waals surface area contributed by atoms with E-state index in [-0.39, 0.29) is 12.3 Å². The summed E-state index contributed by atoms with van der Waals surface area (Å²) >= 11 is 0. The summed E-state index contributed by atoms with van der Waals surface area (Å²) in [6.45, 7) is 0.144. The molecule has 6 heteroatoms.